The largest absolute Gasteiger partial charge is 0.481 e. The number of carbonyl (C=O) groups is 4. The van der Waals surface area contributed by atoms with E-state index in [1.807, 2.05) is 19.9 Å². The van der Waals surface area contributed by atoms with Gasteiger partial charge < -0.3 is 9.84 Å². The number of anilines is 1. The lowest BCUT2D eigenvalue weighted by Gasteiger charge is -2.27. The van der Waals surface area contributed by atoms with Gasteiger partial charge in [0, 0.05) is 10.0 Å². The minimum Gasteiger partial charge on any atom is -0.481 e. The summed E-state index contributed by atoms with van der Waals surface area (Å²) in [6.45, 7) is 3.07. The highest BCUT2D eigenvalue weighted by atomic mass is 79.9. The first-order chi connectivity index (χ1) is 14.2. The predicted molar refractivity (Wildman–Crippen MR) is 112 cm³/mol. The van der Waals surface area contributed by atoms with E-state index in [1.54, 1.807) is 24.3 Å². The molecule has 154 valence electrons. The Balaban J connectivity index is 2.05. The first kappa shape index (κ1) is 21.3. The lowest BCUT2D eigenvalue weighted by molar-refractivity contribution is -0.139. The van der Waals surface area contributed by atoms with Crippen molar-refractivity contribution >= 4 is 51.5 Å². The molecular weight excluding hydrogens is 456 g/mol. The van der Waals surface area contributed by atoms with Gasteiger partial charge in [0.2, 0.25) is 0 Å². The van der Waals surface area contributed by atoms with E-state index in [0.717, 1.165) is 16.0 Å². The Morgan fingerprint density at radius 1 is 1.13 bits per heavy atom. The van der Waals surface area contributed by atoms with Crippen LogP contribution in [0.2, 0.25) is 0 Å². The first-order valence-electron chi connectivity index (χ1n) is 8.79. The molecule has 30 heavy (non-hydrogen) atoms. The maximum Gasteiger partial charge on any atom is 0.341 e. The van der Waals surface area contributed by atoms with E-state index in [4.69, 9.17) is 9.84 Å². The second-order valence-corrected chi connectivity index (χ2v) is 7.58. The van der Waals surface area contributed by atoms with Gasteiger partial charge in [0.15, 0.2) is 6.61 Å². The minimum absolute atomic E-state index is 0.170. The van der Waals surface area contributed by atoms with Gasteiger partial charge in [-0.3, -0.25) is 14.9 Å². The highest BCUT2D eigenvalue weighted by Crippen LogP contribution is 2.28. The number of halogens is 1. The van der Waals surface area contributed by atoms with Crippen LogP contribution in [0.25, 0.3) is 6.08 Å². The summed E-state index contributed by atoms with van der Waals surface area (Å²) in [5.41, 5.74) is 2.06. The molecule has 9 heteroatoms. The molecule has 4 amide bonds. The number of aliphatic carboxylic acids is 1. The third-order valence-corrected chi connectivity index (χ3v) is 4.68. The normalized spacial score (nSPS) is 15.4. The van der Waals surface area contributed by atoms with Crippen LogP contribution >= 0.6 is 15.9 Å². The molecule has 0 atom stereocenters. The number of rotatable bonds is 5. The SMILES string of the molecule is Cc1cc(C)cc(N2C(=O)NC(=O)C(=Cc3cc(Br)ccc3OCC(=O)O)C2=O)c1. The van der Waals surface area contributed by atoms with Crippen LogP contribution in [0.3, 0.4) is 0 Å². The third kappa shape index (κ3) is 4.57. The molecule has 0 spiro atoms. The number of carbonyl (C=O) groups excluding carboxylic acids is 3. The second kappa shape index (κ2) is 8.50. The van der Waals surface area contributed by atoms with Crippen LogP contribution < -0.4 is 15.0 Å². The number of amides is 4. The molecule has 0 saturated carbocycles. The molecule has 1 aliphatic heterocycles. The third-order valence-electron chi connectivity index (χ3n) is 4.19. The summed E-state index contributed by atoms with van der Waals surface area (Å²) in [6, 6.07) is 9.10. The second-order valence-electron chi connectivity index (χ2n) is 6.67. The Morgan fingerprint density at radius 3 is 2.43 bits per heavy atom. The topological polar surface area (TPSA) is 113 Å². The van der Waals surface area contributed by atoms with Gasteiger partial charge in [-0.15, -0.1) is 0 Å². The molecule has 0 aromatic heterocycles. The summed E-state index contributed by atoms with van der Waals surface area (Å²) in [5.74, 6) is -2.65. The summed E-state index contributed by atoms with van der Waals surface area (Å²) in [7, 11) is 0. The van der Waals surface area contributed by atoms with E-state index >= 15 is 0 Å². The number of imide groups is 2. The van der Waals surface area contributed by atoms with Crippen molar-refractivity contribution in [3.05, 3.63) is 63.1 Å². The number of carboxylic acids is 1. The molecule has 0 unspecified atom stereocenters. The van der Waals surface area contributed by atoms with Crippen LogP contribution in [0.4, 0.5) is 10.5 Å². The Labute approximate surface area is 180 Å². The minimum atomic E-state index is -1.17. The summed E-state index contributed by atoms with van der Waals surface area (Å²) < 4.78 is 5.87. The van der Waals surface area contributed by atoms with Crippen molar-refractivity contribution in [3.8, 4) is 5.75 Å². The van der Waals surface area contributed by atoms with Gasteiger partial charge in [-0.25, -0.2) is 14.5 Å². The number of benzene rings is 2. The molecule has 1 heterocycles. The van der Waals surface area contributed by atoms with Crippen LogP contribution in [0.5, 0.6) is 5.75 Å². The molecule has 0 bridgehead atoms. The number of ether oxygens (including phenoxy) is 1. The van der Waals surface area contributed by atoms with Crippen LogP contribution in [-0.4, -0.2) is 35.5 Å². The van der Waals surface area contributed by atoms with E-state index in [0.29, 0.717) is 15.7 Å². The number of nitrogens with one attached hydrogen (secondary N) is 1. The fraction of sp³-hybridized carbons (Fsp3) is 0.143. The van der Waals surface area contributed by atoms with Crippen LogP contribution in [-0.2, 0) is 14.4 Å². The monoisotopic (exact) mass is 472 g/mol. The molecular formula is C21H17BrN2O6. The zero-order valence-electron chi connectivity index (χ0n) is 16.1. The number of urea groups is 1. The predicted octanol–water partition coefficient (Wildman–Crippen LogP) is 3.20. The molecule has 0 aliphatic carbocycles. The Morgan fingerprint density at radius 2 is 1.80 bits per heavy atom. The summed E-state index contributed by atoms with van der Waals surface area (Å²) in [6.07, 6.45) is 1.27. The Kier molecular flexibility index (Phi) is 6.02. The Bertz CT molecular complexity index is 1090. The quantitative estimate of drug-likeness (QED) is 0.510. The molecule has 0 radical (unpaired) electrons. The molecule has 1 saturated heterocycles. The highest BCUT2D eigenvalue weighted by molar-refractivity contribution is 9.10. The van der Waals surface area contributed by atoms with Crippen molar-refractivity contribution in [1.82, 2.24) is 5.32 Å². The number of nitrogens with zero attached hydrogens (tertiary/aromatic N) is 1. The average Bonchev–Trinajstić information content (AvgIpc) is 2.63. The molecule has 1 fully saturated rings. The summed E-state index contributed by atoms with van der Waals surface area (Å²) >= 11 is 3.29. The number of barbiturate groups is 1. The average molecular weight is 473 g/mol. The summed E-state index contributed by atoms with van der Waals surface area (Å²) in [4.78, 5) is 49.6. The number of hydrogen-bond acceptors (Lipinski definition) is 5. The van der Waals surface area contributed by atoms with Gasteiger partial charge >= 0.3 is 12.0 Å². The van der Waals surface area contributed by atoms with Crippen molar-refractivity contribution in [1.29, 1.82) is 0 Å². The van der Waals surface area contributed by atoms with Crippen LogP contribution in [0.15, 0.2) is 46.4 Å². The van der Waals surface area contributed by atoms with Gasteiger partial charge in [0.1, 0.15) is 11.3 Å². The first-order valence-corrected chi connectivity index (χ1v) is 9.59. The Hall–Kier alpha value is -3.46. The number of hydrogen-bond donors (Lipinski definition) is 2. The lowest BCUT2D eigenvalue weighted by atomic mass is 10.0. The van der Waals surface area contributed by atoms with Crippen LogP contribution in [0, 0.1) is 13.8 Å². The van der Waals surface area contributed by atoms with E-state index in [2.05, 4.69) is 21.2 Å². The van der Waals surface area contributed by atoms with E-state index < -0.39 is 30.4 Å². The fourth-order valence-corrected chi connectivity index (χ4v) is 3.41. The van der Waals surface area contributed by atoms with Gasteiger partial charge in [0.25, 0.3) is 11.8 Å². The van der Waals surface area contributed by atoms with Crippen molar-refractivity contribution in [3.63, 3.8) is 0 Å². The number of carboxylic acid groups (broad SMARTS) is 1. The van der Waals surface area contributed by atoms with Crippen molar-refractivity contribution in [2.24, 2.45) is 0 Å². The molecule has 8 nitrogen and oxygen atoms in total. The smallest absolute Gasteiger partial charge is 0.341 e. The molecule has 2 N–H and O–H groups in total. The maximum atomic E-state index is 13.1. The molecule has 3 rings (SSSR count). The lowest BCUT2D eigenvalue weighted by Crippen LogP contribution is -2.54. The van der Waals surface area contributed by atoms with E-state index in [1.165, 1.54) is 12.1 Å². The van der Waals surface area contributed by atoms with Crippen LogP contribution in [0.1, 0.15) is 16.7 Å². The van der Waals surface area contributed by atoms with Gasteiger partial charge in [-0.1, -0.05) is 22.0 Å². The molecule has 2 aromatic rings. The van der Waals surface area contributed by atoms with Crippen molar-refractivity contribution in [2.75, 3.05) is 11.5 Å². The summed E-state index contributed by atoms with van der Waals surface area (Å²) in [5, 5.41) is 11.0. The van der Waals surface area contributed by atoms with Gasteiger partial charge in [-0.05, 0) is 61.4 Å². The number of aryl methyl sites for hydroxylation is 2. The standard InChI is InChI=1S/C21H17BrN2O6/c1-11-5-12(2)7-15(6-11)24-20(28)16(19(27)23-21(24)29)9-13-8-14(22)3-4-17(13)30-10-18(25)26/h3-9H,10H2,1-2H3,(H,25,26)(H,23,27,29). The zero-order valence-corrected chi connectivity index (χ0v) is 17.6. The maximum absolute atomic E-state index is 13.1. The fourth-order valence-electron chi connectivity index (χ4n) is 3.03. The van der Waals surface area contributed by atoms with Crippen molar-refractivity contribution in [2.45, 2.75) is 13.8 Å². The zero-order chi connectivity index (χ0) is 22.0. The molecule has 2 aromatic carbocycles. The molecule has 1 aliphatic rings. The van der Waals surface area contributed by atoms with Gasteiger partial charge in [0.05, 0.1) is 5.69 Å². The highest BCUT2D eigenvalue weighted by Gasteiger charge is 2.37. The van der Waals surface area contributed by atoms with Crippen molar-refractivity contribution < 1.29 is 29.0 Å². The van der Waals surface area contributed by atoms with E-state index in [9.17, 15) is 19.2 Å². The van der Waals surface area contributed by atoms with Gasteiger partial charge in [-0.2, -0.15) is 0 Å². The van der Waals surface area contributed by atoms with E-state index in [-0.39, 0.29) is 11.3 Å².